The van der Waals surface area contributed by atoms with E-state index in [2.05, 4.69) is 5.32 Å². The summed E-state index contributed by atoms with van der Waals surface area (Å²) in [6.07, 6.45) is 0.502. The van der Waals surface area contributed by atoms with Gasteiger partial charge in [0.1, 0.15) is 0 Å². The third-order valence-electron chi connectivity index (χ3n) is 2.78. The number of hydrogen-bond donors (Lipinski definition) is 3. The Morgan fingerprint density at radius 3 is 2.61 bits per heavy atom. The number of anilines is 1. The van der Waals surface area contributed by atoms with Crippen LogP contribution in [-0.4, -0.2) is 23.0 Å². The predicted molar refractivity (Wildman–Crippen MR) is 69.4 cm³/mol. The lowest BCUT2D eigenvalue weighted by Crippen LogP contribution is -2.36. The lowest BCUT2D eigenvalue weighted by molar-refractivity contribution is -0.137. The maximum absolute atomic E-state index is 11.9. The summed E-state index contributed by atoms with van der Waals surface area (Å²) in [5.74, 6) is -1.19. The van der Waals surface area contributed by atoms with Crippen molar-refractivity contribution in [1.29, 1.82) is 0 Å². The monoisotopic (exact) mass is 250 g/mol. The first kappa shape index (κ1) is 14.0. The molecule has 0 aliphatic heterocycles. The van der Waals surface area contributed by atoms with Gasteiger partial charge in [-0.05, 0) is 37.1 Å². The Bertz CT molecular complexity index is 458. The average Bonchev–Trinajstić information content (AvgIpc) is 2.31. The molecule has 1 aromatic carbocycles. The number of carboxylic acid groups (broad SMARTS) is 1. The van der Waals surface area contributed by atoms with Gasteiger partial charge in [-0.25, -0.2) is 0 Å². The van der Waals surface area contributed by atoms with Crippen LogP contribution in [0.25, 0.3) is 0 Å². The molecule has 4 N–H and O–H groups in total. The summed E-state index contributed by atoms with van der Waals surface area (Å²) in [5, 5.41) is 11.4. The predicted octanol–water partition coefficient (Wildman–Crippen LogP) is 1.56. The third kappa shape index (κ3) is 3.76. The molecule has 5 nitrogen and oxygen atoms in total. The maximum atomic E-state index is 11.9. The lowest BCUT2D eigenvalue weighted by Gasteiger charge is -2.15. The minimum absolute atomic E-state index is 0.0732. The van der Waals surface area contributed by atoms with Crippen molar-refractivity contribution in [2.24, 2.45) is 0 Å². The molecule has 1 rings (SSSR count). The lowest BCUT2D eigenvalue weighted by atomic mass is 10.1. The molecular formula is C13H18N2O3. The van der Waals surface area contributed by atoms with Crippen molar-refractivity contribution in [3.8, 4) is 0 Å². The number of rotatable bonds is 5. The molecule has 1 aromatic rings. The van der Waals surface area contributed by atoms with Crippen LogP contribution in [0, 0.1) is 6.92 Å². The molecule has 0 aliphatic carbocycles. The highest BCUT2D eigenvalue weighted by Crippen LogP contribution is 2.13. The minimum Gasteiger partial charge on any atom is -0.481 e. The van der Waals surface area contributed by atoms with E-state index in [0.29, 0.717) is 17.7 Å². The number of nitrogens with two attached hydrogens (primary N) is 1. The Labute approximate surface area is 106 Å². The van der Waals surface area contributed by atoms with Gasteiger partial charge in [0.25, 0.3) is 5.91 Å². The van der Waals surface area contributed by atoms with Crippen molar-refractivity contribution in [1.82, 2.24) is 5.32 Å². The summed E-state index contributed by atoms with van der Waals surface area (Å²) in [4.78, 5) is 22.5. The Kier molecular flexibility index (Phi) is 4.71. The molecule has 0 fully saturated rings. The molecular weight excluding hydrogens is 232 g/mol. The van der Waals surface area contributed by atoms with E-state index in [1.165, 1.54) is 0 Å². The van der Waals surface area contributed by atoms with Crippen molar-refractivity contribution in [2.75, 3.05) is 5.73 Å². The summed E-state index contributed by atoms with van der Waals surface area (Å²) in [6, 6.07) is 4.64. The zero-order chi connectivity index (χ0) is 13.7. The quantitative estimate of drug-likeness (QED) is 0.691. The fourth-order valence-corrected chi connectivity index (χ4v) is 1.59. The second kappa shape index (κ2) is 6.05. The molecule has 0 spiro atoms. The first-order valence-corrected chi connectivity index (χ1v) is 5.82. The number of benzene rings is 1. The Hall–Kier alpha value is -2.04. The van der Waals surface area contributed by atoms with Crippen LogP contribution in [0.4, 0.5) is 5.69 Å². The van der Waals surface area contributed by atoms with Gasteiger partial charge in [-0.1, -0.05) is 6.92 Å². The van der Waals surface area contributed by atoms with Crippen LogP contribution in [-0.2, 0) is 4.79 Å². The fourth-order valence-electron chi connectivity index (χ4n) is 1.59. The van der Waals surface area contributed by atoms with E-state index in [9.17, 15) is 9.59 Å². The maximum Gasteiger partial charge on any atom is 0.305 e. The summed E-state index contributed by atoms with van der Waals surface area (Å²) < 4.78 is 0. The van der Waals surface area contributed by atoms with Crippen LogP contribution in [0.1, 0.15) is 35.7 Å². The van der Waals surface area contributed by atoms with Crippen molar-refractivity contribution in [3.63, 3.8) is 0 Å². The number of carbonyl (C=O) groups is 2. The van der Waals surface area contributed by atoms with Crippen molar-refractivity contribution in [3.05, 3.63) is 29.3 Å². The zero-order valence-corrected chi connectivity index (χ0v) is 10.6. The number of aliphatic carboxylic acids is 1. The van der Waals surface area contributed by atoms with Gasteiger partial charge >= 0.3 is 5.97 Å². The number of amides is 1. The van der Waals surface area contributed by atoms with Gasteiger partial charge < -0.3 is 16.2 Å². The highest BCUT2D eigenvalue weighted by molar-refractivity contribution is 5.95. The first-order valence-electron chi connectivity index (χ1n) is 5.82. The molecule has 0 saturated heterocycles. The highest BCUT2D eigenvalue weighted by atomic mass is 16.4. The molecule has 1 amide bonds. The van der Waals surface area contributed by atoms with Crippen molar-refractivity contribution < 1.29 is 14.7 Å². The molecule has 0 heterocycles. The van der Waals surface area contributed by atoms with Gasteiger partial charge in [-0.2, -0.15) is 0 Å². The standard InChI is InChI=1S/C13H18N2O3/c1-3-10(7-12(16)17)15-13(18)9-4-5-11(14)8(2)6-9/h4-6,10H,3,7,14H2,1-2H3,(H,15,18)(H,16,17). The topological polar surface area (TPSA) is 92.4 Å². The van der Waals surface area contributed by atoms with E-state index >= 15 is 0 Å². The molecule has 0 aromatic heterocycles. The average molecular weight is 250 g/mol. The van der Waals surface area contributed by atoms with Crippen LogP contribution >= 0.6 is 0 Å². The summed E-state index contributed by atoms with van der Waals surface area (Å²) in [5.41, 5.74) is 7.62. The normalized spacial score (nSPS) is 11.9. The third-order valence-corrected chi connectivity index (χ3v) is 2.78. The molecule has 18 heavy (non-hydrogen) atoms. The van der Waals surface area contributed by atoms with E-state index in [-0.39, 0.29) is 18.4 Å². The molecule has 0 aliphatic rings. The number of carboxylic acids is 1. The highest BCUT2D eigenvalue weighted by Gasteiger charge is 2.15. The number of hydrogen-bond acceptors (Lipinski definition) is 3. The molecule has 5 heteroatoms. The van der Waals surface area contributed by atoms with Crippen LogP contribution in [0.2, 0.25) is 0 Å². The molecule has 0 radical (unpaired) electrons. The molecule has 1 unspecified atom stereocenters. The summed E-state index contributed by atoms with van der Waals surface area (Å²) in [6.45, 7) is 3.66. The second-order valence-electron chi connectivity index (χ2n) is 4.25. The van der Waals surface area contributed by atoms with E-state index in [4.69, 9.17) is 10.8 Å². The first-order chi connectivity index (χ1) is 8.43. The second-order valence-corrected chi connectivity index (χ2v) is 4.25. The van der Waals surface area contributed by atoms with Crippen LogP contribution < -0.4 is 11.1 Å². The van der Waals surface area contributed by atoms with Crippen molar-refractivity contribution >= 4 is 17.6 Å². The summed E-state index contributed by atoms with van der Waals surface area (Å²) in [7, 11) is 0. The minimum atomic E-state index is -0.921. The van der Waals surface area contributed by atoms with Gasteiger partial charge in [0.2, 0.25) is 0 Å². The van der Waals surface area contributed by atoms with Crippen LogP contribution in [0.15, 0.2) is 18.2 Å². The van der Waals surface area contributed by atoms with Crippen molar-refractivity contribution in [2.45, 2.75) is 32.7 Å². The Morgan fingerprint density at radius 1 is 1.44 bits per heavy atom. The Morgan fingerprint density at radius 2 is 2.11 bits per heavy atom. The van der Waals surface area contributed by atoms with E-state index in [0.717, 1.165) is 5.56 Å². The fraction of sp³-hybridized carbons (Fsp3) is 0.385. The van der Waals surface area contributed by atoms with Gasteiger partial charge in [0.15, 0.2) is 0 Å². The van der Waals surface area contributed by atoms with Gasteiger partial charge in [-0.3, -0.25) is 9.59 Å². The number of carbonyl (C=O) groups excluding carboxylic acids is 1. The molecule has 0 saturated carbocycles. The molecule has 0 bridgehead atoms. The van der Waals surface area contributed by atoms with Gasteiger partial charge in [0, 0.05) is 17.3 Å². The van der Waals surface area contributed by atoms with E-state index in [1.807, 2.05) is 13.8 Å². The smallest absolute Gasteiger partial charge is 0.305 e. The number of nitrogens with one attached hydrogen (secondary N) is 1. The van der Waals surface area contributed by atoms with Gasteiger partial charge in [-0.15, -0.1) is 0 Å². The largest absolute Gasteiger partial charge is 0.481 e. The Balaban J connectivity index is 2.74. The summed E-state index contributed by atoms with van der Waals surface area (Å²) >= 11 is 0. The molecule has 1 atom stereocenters. The molecule has 98 valence electrons. The van der Waals surface area contributed by atoms with Crippen LogP contribution in [0.3, 0.4) is 0 Å². The van der Waals surface area contributed by atoms with E-state index in [1.54, 1.807) is 18.2 Å². The van der Waals surface area contributed by atoms with Crippen LogP contribution in [0.5, 0.6) is 0 Å². The van der Waals surface area contributed by atoms with E-state index < -0.39 is 5.97 Å². The number of aryl methyl sites for hydroxylation is 1. The van der Waals surface area contributed by atoms with Gasteiger partial charge in [0.05, 0.1) is 6.42 Å². The SMILES string of the molecule is CCC(CC(=O)O)NC(=O)c1ccc(N)c(C)c1. The zero-order valence-electron chi connectivity index (χ0n) is 10.6. The number of nitrogen functional groups attached to an aromatic ring is 1.